The van der Waals surface area contributed by atoms with E-state index in [0.29, 0.717) is 51.5 Å². The van der Waals surface area contributed by atoms with Gasteiger partial charge < -0.3 is 19.9 Å². The van der Waals surface area contributed by atoms with Crippen molar-refractivity contribution < 1.29 is 19.1 Å². The zero-order chi connectivity index (χ0) is 23.4. The largest absolute Gasteiger partial charge is 0.378 e. The Balaban J connectivity index is 1.34. The number of aryl methyl sites for hydroxylation is 1. The molecule has 0 saturated carbocycles. The summed E-state index contributed by atoms with van der Waals surface area (Å²) in [5.41, 5.74) is 3.25. The van der Waals surface area contributed by atoms with E-state index in [0.717, 1.165) is 16.8 Å². The molecular formula is C24H31N5O4. The van der Waals surface area contributed by atoms with Crippen molar-refractivity contribution in [1.29, 1.82) is 0 Å². The highest BCUT2D eigenvalue weighted by atomic mass is 16.5. The number of benzene rings is 1. The summed E-state index contributed by atoms with van der Waals surface area (Å²) in [6, 6.07) is 9.61. The average Bonchev–Trinajstić information content (AvgIpc) is 3.18. The molecule has 0 aliphatic carbocycles. The van der Waals surface area contributed by atoms with Gasteiger partial charge in [-0.25, -0.2) is 0 Å². The number of fused-ring (bicyclic) bond motifs is 1. The first-order chi connectivity index (χ1) is 15.9. The van der Waals surface area contributed by atoms with Crippen LogP contribution < -0.4 is 5.32 Å². The number of carbonyl (C=O) groups is 3. The van der Waals surface area contributed by atoms with Crippen LogP contribution in [0.3, 0.4) is 0 Å². The van der Waals surface area contributed by atoms with E-state index in [1.165, 1.54) is 0 Å². The lowest BCUT2D eigenvalue weighted by molar-refractivity contribution is -0.134. The van der Waals surface area contributed by atoms with E-state index in [2.05, 4.69) is 10.4 Å². The summed E-state index contributed by atoms with van der Waals surface area (Å²) >= 11 is 0. The molecule has 1 aromatic carbocycles. The lowest BCUT2D eigenvalue weighted by atomic mass is 10.0. The summed E-state index contributed by atoms with van der Waals surface area (Å²) in [4.78, 5) is 41.8. The van der Waals surface area contributed by atoms with Gasteiger partial charge in [-0.05, 0) is 12.5 Å². The van der Waals surface area contributed by atoms with E-state index in [1.807, 2.05) is 44.3 Å². The highest BCUT2D eigenvalue weighted by Gasteiger charge is 2.31. The molecule has 1 N–H and O–H groups in total. The second-order valence-corrected chi connectivity index (χ2v) is 8.57. The van der Waals surface area contributed by atoms with E-state index < -0.39 is 0 Å². The Morgan fingerprint density at radius 3 is 2.52 bits per heavy atom. The first-order valence-corrected chi connectivity index (χ1v) is 11.5. The van der Waals surface area contributed by atoms with Gasteiger partial charge in [0.2, 0.25) is 11.8 Å². The molecule has 2 aliphatic heterocycles. The molecule has 176 valence electrons. The number of nitrogens with one attached hydrogen (secondary N) is 1. The lowest BCUT2D eigenvalue weighted by Crippen LogP contribution is -2.42. The fourth-order valence-corrected chi connectivity index (χ4v) is 4.41. The fourth-order valence-electron chi connectivity index (χ4n) is 4.41. The first-order valence-electron chi connectivity index (χ1n) is 11.5. The van der Waals surface area contributed by atoms with Gasteiger partial charge in [-0.3, -0.25) is 19.1 Å². The van der Waals surface area contributed by atoms with Crippen LogP contribution in [-0.2, 0) is 34.3 Å². The Bertz CT molecular complexity index is 1010. The highest BCUT2D eigenvalue weighted by molar-refractivity contribution is 5.94. The zero-order valence-corrected chi connectivity index (χ0v) is 19.2. The summed E-state index contributed by atoms with van der Waals surface area (Å²) in [6.07, 6.45) is 0.903. The molecule has 1 fully saturated rings. The molecule has 0 spiro atoms. The number of nitrogens with zero attached hydrogens (tertiary/aromatic N) is 4. The van der Waals surface area contributed by atoms with Gasteiger partial charge >= 0.3 is 0 Å². The monoisotopic (exact) mass is 453 g/mol. The standard InChI is InChI=1S/C24H31N5O4/c1-17(18-6-4-3-5-7-18)25-21(30)8-9-22(31)29-11-10-20-19(16-29)23(26-27(20)2)24(32)28-12-14-33-15-13-28/h3-7,17H,8-16H2,1-2H3,(H,25,30)/t17-/m0/s1. The topological polar surface area (TPSA) is 96.8 Å². The Kier molecular flexibility index (Phi) is 7.08. The molecule has 1 aromatic heterocycles. The minimum Gasteiger partial charge on any atom is -0.378 e. The van der Waals surface area contributed by atoms with E-state index in [-0.39, 0.29) is 36.6 Å². The van der Waals surface area contributed by atoms with Crippen molar-refractivity contribution in [2.75, 3.05) is 32.8 Å². The van der Waals surface area contributed by atoms with Gasteiger partial charge in [0.05, 0.1) is 19.3 Å². The molecule has 3 amide bonds. The molecule has 2 aromatic rings. The third-order valence-electron chi connectivity index (χ3n) is 6.34. The van der Waals surface area contributed by atoms with E-state index in [1.54, 1.807) is 14.5 Å². The number of amides is 3. The number of morpholine rings is 1. The van der Waals surface area contributed by atoms with Crippen LogP contribution in [0.5, 0.6) is 0 Å². The first kappa shape index (κ1) is 23.0. The minimum absolute atomic E-state index is 0.0863. The van der Waals surface area contributed by atoms with Crippen molar-refractivity contribution in [2.24, 2.45) is 7.05 Å². The molecule has 9 nitrogen and oxygen atoms in total. The molecule has 0 bridgehead atoms. The Labute approximate surface area is 193 Å². The second-order valence-electron chi connectivity index (χ2n) is 8.57. The maximum Gasteiger partial charge on any atom is 0.274 e. The van der Waals surface area contributed by atoms with Gasteiger partial charge in [-0.1, -0.05) is 30.3 Å². The summed E-state index contributed by atoms with van der Waals surface area (Å²) < 4.78 is 7.10. The summed E-state index contributed by atoms with van der Waals surface area (Å²) in [5, 5.41) is 7.43. The van der Waals surface area contributed by atoms with Crippen molar-refractivity contribution in [3.8, 4) is 0 Å². The van der Waals surface area contributed by atoms with E-state index in [9.17, 15) is 14.4 Å². The minimum atomic E-state index is -0.151. The number of hydrogen-bond donors (Lipinski definition) is 1. The van der Waals surface area contributed by atoms with Crippen molar-refractivity contribution in [3.05, 3.63) is 52.8 Å². The quantitative estimate of drug-likeness (QED) is 0.714. The summed E-state index contributed by atoms with van der Waals surface area (Å²) in [6.45, 7) is 4.96. The van der Waals surface area contributed by atoms with Crippen LogP contribution in [0.4, 0.5) is 0 Å². The molecule has 9 heteroatoms. The third-order valence-corrected chi connectivity index (χ3v) is 6.34. The average molecular weight is 454 g/mol. The third kappa shape index (κ3) is 5.24. The summed E-state index contributed by atoms with van der Waals surface area (Å²) in [5.74, 6) is -0.350. The van der Waals surface area contributed by atoms with Crippen LogP contribution >= 0.6 is 0 Å². The zero-order valence-electron chi connectivity index (χ0n) is 19.2. The molecule has 0 radical (unpaired) electrons. The van der Waals surface area contributed by atoms with Crippen molar-refractivity contribution >= 4 is 17.7 Å². The maximum atomic E-state index is 13.0. The molecule has 33 heavy (non-hydrogen) atoms. The van der Waals surface area contributed by atoms with Crippen LogP contribution in [0.1, 0.15) is 53.1 Å². The van der Waals surface area contributed by atoms with Crippen LogP contribution in [0, 0.1) is 0 Å². The number of aromatic nitrogens is 2. The summed E-state index contributed by atoms with van der Waals surface area (Å²) in [7, 11) is 1.84. The van der Waals surface area contributed by atoms with Crippen LogP contribution in [0.15, 0.2) is 30.3 Å². The maximum absolute atomic E-state index is 13.0. The number of rotatable bonds is 6. The molecule has 2 aliphatic rings. The molecule has 1 saturated heterocycles. The Morgan fingerprint density at radius 2 is 1.79 bits per heavy atom. The lowest BCUT2D eigenvalue weighted by Gasteiger charge is -2.29. The molecule has 4 rings (SSSR count). The van der Waals surface area contributed by atoms with E-state index >= 15 is 0 Å². The van der Waals surface area contributed by atoms with Gasteiger partial charge in [-0.15, -0.1) is 0 Å². The number of hydrogen-bond acceptors (Lipinski definition) is 5. The van der Waals surface area contributed by atoms with Crippen molar-refractivity contribution in [1.82, 2.24) is 24.9 Å². The normalized spacial score (nSPS) is 16.8. The van der Waals surface area contributed by atoms with Gasteiger partial charge in [-0.2, -0.15) is 5.10 Å². The van der Waals surface area contributed by atoms with Crippen LogP contribution in [0.2, 0.25) is 0 Å². The van der Waals surface area contributed by atoms with E-state index in [4.69, 9.17) is 4.74 Å². The number of carbonyl (C=O) groups excluding carboxylic acids is 3. The fraction of sp³-hybridized carbons (Fsp3) is 0.500. The van der Waals surface area contributed by atoms with Crippen molar-refractivity contribution in [3.63, 3.8) is 0 Å². The SMILES string of the molecule is C[C@H](NC(=O)CCC(=O)N1CCc2c(c(C(=O)N3CCOCC3)nn2C)C1)c1ccccc1. The predicted molar refractivity (Wildman–Crippen MR) is 121 cm³/mol. The molecule has 3 heterocycles. The molecule has 1 atom stereocenters. The molecule has 0 unspecified atom stereocenters. The van der Waals surface area contributed by atoms with Crippen LogP contribution in [-0.4, -0.2) is 70.1 Å². The second kappa shape index (κ2) is 10.2. The number of ether oxygens (including phenoxy) is 1. The van der Waals surface area contributed by atoms with Gasteiger partial charge in [0.25, 0.3) is 5.91 Å². The van der Waals surface area contributed by atoms with Gasteiger partial charge in [0.15, 0.2) is 5.69 Å². The van der Waals surface area contributed by atoms with Gasteiger partial charge in [0, 0.05) is 63.7 Å². The predicted octanol–water partition coefficient (Wildman–Crippen LogP) is 1.43. The highest BCUT2D eigenvalue weighted by Crippen LogP contribution is 2.24. The Morgan fingerprint density at radius 1 is 1.06 bits per heavy atom. The van der Waals surface area contributed by atoms with Crippen molar-refractivity contribution in [2.45, 2.75) is 38.8 Å². The van der Waals surface area contributed by atoms with Gasteiger partial charge in [0.1, 0.15) is 0 Å². The molecular weight excluding hydrogens is 422 g/mol. The van der Waals surface area contributed by atoms with Crippen LogP contribution in [0.25, 0.3) is 0 Å². The smallest absolute Gasteiger partial charge is 0.274 e. The Hall–Kier alpha value is -3.20.